The molecule has 1 heterocycles. The molecule has 0 unspecified atom stereocenters. The summed E-state index contributed by atoms with van der Waals surface area (Å²) in [6.07, 6.45) is 0. The highest BCUT2D eigenvalue weighted by atomic mass is 79.9. The van der Waals surface area contributed by atoms with Crippen molar-refractivity contribution in [1.82, 2.24) is 0 Å². The molecule has 0 fully saturated rings. The maximum absolute atomic E-state index is 5.30. The predicted octanol–water partition coefficient (Wildman–Crippen LogP) is 3.96. The summed E-state index contributed by atoms with van der Waals surface area (Å²) in [6.45, 7) is 0. The predicted molar refractivity (Wildman–Crippen MR) is 63.3 cm³/mol. The van der Waals surface area contributed by atoms with Gasteiger partial charge in [0.15, 0.2) is 5.75 Å². The van der Waals surface area contributed by atoms with Crippen molar-refractivity contribution < 1.29 is 4.74 Å². The summed E-state index contributed by atoms with van der Waals surface area (Å²) in [5.41, 5.74) is 0. The van der Waals surface area contributed by atoms with Crippen LogP contribution in [0.5, 0.6) is 5.75 Å². The van der Waals surface area contributed by atoms with Gasteiger partial charge in [-0.2, -0.15) is 0 Å². The molecule has 0 atom stereocenters. The third-order valence-corrected chi connectivity index (χ3v) is 4.13. The van der Waals surface area contributed by atoms with Crippen molar-refractivity contribution in [2.75, 3.05) is 7.11 Å². The maximum Gasteiger partial charge on any atom is 0.151 e. The van der Waals surface area contributed by atoms with Crippen LogP contribution in [0.1, 0.15) is 0 Å². The number of benzene rings is 1. The Morgan fingerprint density at radius 1 is 1.54 bits per heavy atom. The Balaban J connectivity index is 2.87. The molecule has 1 aromatic carbocycles. The topological polar surface area (TPSA) is 9.23 Å². The van der Waals surface area contributed by atoms with Crippen LogP contribution in [0.3, 0.4) is 0 Å². The first-order valence-corrected chi connectivity index (χ1v) is 5.78. The molecule has 0 spiro atoms. The SMILES string of the molecule is COc1c(S)c(Br)cc2ccsc12. The first-order chi connectivity index (χ1) is 6.24. The number of halogens is 1. The van der Waals surface area contributed by atoms with Crippen LogP contribution in [0.15, 0.2) is 26.9 Å². The Kier molecular flexibility index (Phi) is 2.53. The molecule has 1 nitrogen and oxygen atoms in total. The van der Waals surface area contributed by atoms with Gasteiger partial charge in [0, 0.05) is 4.47 Å². The minimum Gasteiger partial charge on any atom is -0.494 e. The molecule has 0 saturated carbocycles. The highest BCUT2D eigenvalue weighted by Gasteiger charge is 2.10. The van der Waals surface area contributed by atoms with Crippen LogP contribution in [0.2, 0.25) is 0 Å². The van der Waals surface area contributed by atoms with Crippen molar-refractivity contribution in [3.63, 3.8) is 0 Å². The number of thiol groups is 1. The van der Waals surface area contributed by atoms with Crippen LogP contribution < -0.4 is 4.74 Å². The van der Waals surface area contributed by atoms with E-state index in [-0.39, 0.29) is 0 Å². The number of ether oxygens (including phenoxy) is 1. The molecule has 0 amide bonds. The Hall–Kier alpha value is -0.190. The maximum atomic E-state index is 5.30. The van der Waals surface area contributed by atoms with Crippen LogP contribution in [0.4, 0.5) is 0 Å². The van der Waals surface area contributed by atoms with Gasteiger partial charge in [-0.25, -0.2) is 0 Å². The number of fused-ring (bicyclic) bond motifs is 1. The highest BCUT2D eigenvalue weighted by molar-refractivity contribution is 9.10. The van der Waals surface area contributed by atoms with E-state index in [9.17, 15) is 0 Å². The van der Waals surface area contributed by atoms with Crippen molar-refractivity contribution in [2.24, 2.45) is 0 Å². The smallest absolute Gasteiger partial charge is 0.151 e. The zero-order chi connectivity index (χ0) is 9.42. The lowest BCUT2D eigenvalue weighted by Gasteiger charge is -2.06. The summed E-state index contributed by atoms with van der Waals surface area (Å²) >= 11 is 9.48. The Morgan fingerprint density at radius 3 is 3.00 bits per heavy atom. The fraction of sp³-hybridized carbons (Fsp3) is 0.111. The van der Waals surface area contributed by atoms with Gasteiger partial charge in [0.2, 0.25) is 0 Å². The Labute approximate surface area is 94.3 Å². The standard InChI is InChI=1S/C9H7BrOS2/c1-11-7-8(12)6(10)4-5-2-3-13-9(5)7/h2-4,12H,1H3. The van der Waals surface area contributed by atoms with Crippen LogP contribution in [0, 0.1) is 0 Å². The Bertz CT molecular complexity index is 450. The fourth-order valence-corrected chi connectivity index (χ4v) is 2.90. The van der Waals surface area contributed by atoms with Gasteiger partial charge in [-0.15, -0.1) is 24.0 Å². The molecule has 2 aromatic rings. The summed E-state index contributed by atoms with van der Waals surface area (Å²) < 4.78 is 7.42. The molecular weight excluding hydrogens is 268 g/mol. The number of thiophene rings is 1. The van der Waals surface area contributed by atoms with E-state index in [1.54, 1.807) is 18.4 Å². The van der Waals surface area contributed by atoms with Gasteiger partial charge in [-0.3, -0.25) is 0 Å². The second kappa shape index (κ2) is 3.52. The van der Waals surface area contributed by atoms with E-state index >= 15 is 0 Å². The molecule has 4 heteroatoms. The van der Waals surface area contributed by atoms with Crippen LogP contribution in [-0.4, -0.2) is 7.11 Å². The van der Waals surface area contributed by atoms with Gasteiger partial charge in [0.1, 0.15) is 0 Å². The van der Waals surface area contributed by atoms with E-state index < -0.39 is 0 Å². The molecule has 0 radical (unpaired) electrons. The third-order valence-electron chi connectivity index (χ3n) is 1.83. The Morgan fingerprint density at radius 2 is 2.31 bits per heavy atom. The molecule has 0 aliphatic carbocycles. The first-order valence-electron chi connectivity index (χ1n) is 3.66. The monoisotopic (exact) mass is 274 g/mol. The van der Waals surface area contributed by atoms with Gasteiger partial charge in [0.25, 0.3) is 0 Å². The van der Waals surface area contributed by atoms with E-state index in [1.807, 2.05) is 5.38 Å². The molecule has 0 saturated heterocycles. The van der Waals surface area contributed by atoms with Crippen LogP contribution in [0.25, 0.3) is 10.1 Å². The second-order valence-corrected chi connectivity index (χ2v) is 4.80. The number of methoxy groups -OCH3 is 1. The average Bonchev–Trinajstić information content (AvgIpc) is 2.54. The van der Waals surface area contributed by atoms with Crippen molar-refractivity contribution in [2.45, 2.75) is 4.90 Å². The van der Waals surface area contributed by atoms with Gasteiger partial charge >= 0.3 is 0 Å². The highest BCUT2D eigenvalue weighted by Crippen LogP contribution is 2.40. The molecule has 13 heavy (non-hydrogen) atoms. The molecule has 0 bridgehead atoms. The van der Waals surface area contributed by atoms with E-state index in [1.165, 1.54) is 5.39 Å². The zero-order valence-electron chi connectivity index (χ0n) is 6.87. The van der Waals surface area contributed by atoms with Crippen LogP contribution in [-0.2, 0) is 0 Å². The van der Waals surface area contributed by atoms with Crippen molar-refractivity contribution in [3.05, 3.63) is 22.0 Å². The van der Waals surface area contributed by atoms with Crippen molar-refractivity contribution >= 4 is 50.0 Å². The average molecular weight is 275 g/mol. The van der Waals surface area contributed by atoms with E-state index in [0.717, 1.165) is 19.8 Å². The summed E-state index contributed by atoms with van der Waals surface area (Å²) in [5, 5.41) is 3.24. The minimum absolute atomic E-state index is 0.850. The molecular formula is C9H7BrOS2. The minimum atomic E-state index is 0.850. The lowest BCUT2D eigenvalue weighted by molar-refractivity contribution is 0.410. The van der Waals surface area contributed by atoms with Gasteiger partial charge in [-0.1, -0.05) is 0 Å². The molecule has 68 valence electrons. The summed E-state index contributed by atoms with van der Waals surface area (Å²) in [4.78, 5) is 0.859. The molecule has 2 rings (SSSR count). The lowest BCUT2D eigenvalue weighted by Crippen LogP contribution is -1.85. The normalized spacial score (nSPS) is 10.7. The molecule has 0 aliphatic heterocycles. The van der Waals surface area contributed by atoms with Crippen LogP contribution >= 0.6 is 39.9 Å². The van der Waals surface area contributed by atoms with Gasteiger partial charge in [-0.05, 0) is 38.8 Å². The summed E-state index contributed by atoms with van der Waals surface area (Å²) in [5.74, 6) is 0.850. The summed E-state index contributed by atoms with van der Waals surface area (Å²) in [7, 11) is 1.67. The molecule has 1 aromatic heterocycles. The number of rotatable bonds is 1. The zero-order valence-corrected chi connectivity index (χ0v) is 10.2. The lowest BCUT2D eigenvalue weighted by atomic mass is 10.2. The largest absolute Gasteiger partial charge is 0.494 e. The summed E-state index contributed by atoms with van der Waals surface area (Å²) in [6, 6.07) is 4.12. The van der Waals surface area contributed by atoms with Crippen molar-refractivity contribution in [3.8, 4) is 5.75 Å². The van der Waals surface area contributed by atoms with Crippen molar-refractivity contribution in [1.29, 1.82) is 0 Å². The first kappa shape index (κ1) is 9.37. The van der Waals surface area contributed by atoms with E-state index in [0.29, 0.717) is 0 Å². The van der Waals surface area contributed by atoms with Gasteiger partial charge in [0.05, 0.1) is 16.7 Å². The molecule has 0 N–H and O–H groups in total. The van der Waals surface area contributed by atoms with E-state index in [2.05, 4.69) is 40.7 Å². The third kappa shape index (κ3) is 1.47. The molecule has 0 aliphatic rings. The number of hydrogen-bond donors (Lipinski definition) is 1. The fourth-order valence-electron chi connectivity index (χ4n) is 1.23. The number of hydrogen-bond acceptors (Lipinski definition) is 3. The second-order valence-electron chi connectivity index (χ2n) is 2.58. The van der Waals surface area contributed by atoms with Gasteiger partial charge < -0.3 is 4.74 Å². The quantitative estimate of drug-likeness (QED) is 0.775. The van der Waals surface area contributed by atoms with E-state index in [4.69, 9.17) is 4.74 Å².